The standard InChI is InChI=1S/C21H25N3S/c1-4-12-24(13-5-1)21-18(15-17-7-2-3-9-20(17)23-21)16-22-11-10-19-8-6-14-25-19/h2-3,6-9,14-15,22H,1,4-5,10-13,16H2. The molecule has 4 rings (SSSR count). The Balaban J connectivity index is 1.52. The summed E-state index contributed by atoms with van der Waals surface area (Å²) in [6.45, 7) is 4.16. The minimum Gasteiger partial charge on any atom is -0.356 e. The van der Waals surface area contributed by atoms with Crippen LogP contribution in [0.15, 0.2) is 47.8 Å². The van der Waals surface area contributed by atoms with Gasteiger partial charge in [0.2, 0.25) is 0 Å². The highest BCUT2D eigenvalue weighted by atomic mass is 32.1. The van der Waals surface area contributed by atoms with E-state index in [4.69, 9.17) is 4.98 Å². The summed E-state index contributed by atoms with van der Waals surface area (Å²) in [5, 5.41) is 7.01. The van der Waals surface area contributed by atoms with Crippen LogP contribution < -0.4 is 10.2 Å². The number of piperidine rings is 1. The molecule has 0 amide bonds. The molecule has 1 aliphatic heterocycles. The molecule has 1 fully saturated rings. The van der Waals surface area contributed by atoms with Crippen molar-refractivity contribution in [1.82, 2.24) is 10.3 Å². The van der Waals surface area contributed by atoms with E-state index in [0.29, 0.717) is 0 Å². The molecule has 0 spiro atoms. The summed E-state index contributed by atoms with van der Waals surface area (Å²) >= 11 is 1.84. The van der Waals surface area contributed by atoms with E-state index < -0.39 is 0 Å². The van der Waals surface area contributed by atoms with Crippen LogP contribution in [-0.2, 0) is 13.0 Å². The molecule has 130 valence electrons. The van der Waals surface area contributed by atoms with Crippen LogP contribution in [0.1, 0.15) is 29.7 Å². The highest BCUT2D eigenvalue weighted by molar-refractivity contribution is 7.09. The molecule has 4 heteroatoms. The molecule has 0 bridgehead atoms. The second-order valence-electron chi connectivity index (χ2n) is 6.72. The third-order valence-corrected chi connectivity index (χ3v) is 5.82. The number of benzene rings is 1. The smallest absolute Gasteiger partial charge is 0.133 e. The molecule has 3 heterocycles. The zero-order valence-corrected chi connectivity index (χ0v) is 15.4. The first-order valence-electron chi connectivity index (χ1n) is 9.27. The van der Waals surface area contributed by atoms with Crippen molar-refractivity contribution in [3.63, 3.8) is 0 Å². The van der Waals surface area contributed by atoms with Crippen molar-refractivity contribution in [2.75, 3.05) is 24.5 Å². The summed E-state index contributed by atoms with van der Waals surface area (Å²) in [5.74, 6) is 1.18. The van der Waals surface area contributed by atoms with Crippen molar-refractivity contribution in [2.45, 2.75) is 32.2 Å². The molecule has 0 saturated carbocycles. The lowest BCUT2D eigenvalue weighted by Gasteiger charge is -2.30. The molecule has 1 saturated heterocycles. The van der Waals surface area contributed by atoms with E-state index in [0.717, 1.165) is 38.1 Å². The fraction of sp³-hybridized carbons (Fsp3) is 0.381. The van der Waals surface area contributed by atoms with Crippen molar-refractivity contribution in [3.05, 3.63) is 58.3 Å². The minimum absolute atomic E-state index is 0.884. The van der Waals surface area contributed by atoms with Gasteiger partial charge in [0, 0.05) is 42.0 Å². The zero-order chi connectivity index (χ0) is 16.9. The average molecular weight is 352 g/mol. The second-order valence-corrected chi connectivity index (χ2v) is 7.75. The van der Waals surface area contributed by atoms with Crippen LogP contribution in [0, 0.1) is 0 Å². The van der Waals surface area contributed by atoms with E-state index in [-0.39, 0.29) is 0 Å². The maximum absolute atomic E-state index is 5.02. The topological polar surface area (TPSA) is 28.2 Å². The lowest BCUT2D eigenvalue weighted by Crippen LogP contribution is -2.32. The molecule has 0 aliphatic carbocycles. The van der Waals surface area contributed by atoms with E-state index in [1.54, 1.807) is 0 Å². The molecule has 3 aromatic rings. The van der Waals surface area contributed by atoms with Gasteiger partial charge in [-0.15, -0.1) is 11.3 Å². The van der Waals surface area contributed by atoms with E-state index in [1.807, 2.05) is 11.3 Å². The maximum Gasteiger partial charge on any atom is 0.133 e. The normalized spacial score (nSPS) is 15.0. The molecular formula is C21H25N3S. The molecule has 1 N–H and O–H groups in total. The van der Waals surface area contributed by atoms with Crippen molar-refractivity contribution in [1.29, 1.82) is 0 Å². The Labute approximate surface area is 153 Å². The molecule has 0 atom stereocenters. The van der Waals surface area contributed by atoms with Crippen molar-refractivity contribution in [3.8, 4) is 0 Å². The molecule has 2 aromatic heterocycles. The van der Waals surface area contributed by atoms with Gasteiger partial charge in [-0.25, -0.2) is 4.98 Å². The van der Waals surface area contributed by atoms with Gasteiger partial charge in [-0.3, -0.25) is 0 Å². The van der Waals surface area contributed by atoms with Gasteiger partial charge in [-0.2, -0.15) is 0 Å². The summed E-state index contributed by atoms with van der Waals surface area (Å²) in [4.78, 5) is 8.94. The van der Waals surface area contributed by atoms with Crippen LogP contribution in [0.4, 0.5) is 5.82 Å². The van der Waals surface area contributed by atoms with Gasteiger partial charge in [0.15, 0.2) is 0 Å². The first kappa shape index (κ1) is 16.6. The Morgan fingerprint density at radius 2 is 1.92 bits per heavy atom. The Morgan fingerprint density at radius 3 is 2.76 bits per heavy atom. The first-order chi connectivity index (χ1) is 12.4. The third kappa shape index (κ3) is 4.02. The van der Waals surface area contributed by atoms with Crippen LogP contribution in [0.2, 0.25) is 0 Å². The summed E-state index contributed by atoms with van der Waals surface area (Å²) in [6.07, 6.45) is 5.00. The number of pyridine rings is 1. The van der Waals surface area contributed by atoms with Gasteiger partial charge >= 0.3 is 0 Å². The molecule has 1 aliphatic rings. The number of fused-ring (bicyclic) bond motifs is 1. The minimum atomic E-state index is 0.884. The quantitative estimate of drug-likeness (QED) is 0.657. The van der Waals surface area contributed by atoms with Crippen molar-refractivity contribution < 1.29 is 0 Å². The van der Waals surface area contributed by atoms with E-state index in [2.05, 4.69) is 58.1 Å². The summed E-state index contributed by atoms with van der Waals surface area (Å²) < 4.78 is 0. The number of hydrogen-bond acceptors (Lipinski definition) is 4. The molecule has 0 radical (unpaired) electrons. The van der Waals surface area contributed by atoms with Crippen LogP contribution in [0.25, 0.3) is 10.9 Å². The molecule has 1 aromatic carbocycles. The molecule has 3 nitrogen and oxygen atoms in total. The number of nitrogens with zero attached hydrogens (tertiary/aromatic N) is 2. The highest BCUT2D eigenvalue weighted by Gasteiger charge is 2.16. The van der Waals surface area contributed by atoms with Crippen LogP contribution in [0.5, 0.6) is 0 Å². The summed E-state index contributed by atoms with van der Waals surface area (Å²) in [7, 11) is 0. The zero-order valence-electron chi connectivity index (χ0n) is 14.6. The fourth-order valence-electron chi connectivity index (χ4n) is 3.55. The number of rotatable bonds is 6. The fourth-order valence-corrected chi connectivity index (χ4v) is 4.26. The van der Waals surface area contributed by atoms with Crippen LogP contribution >= 0.6 is 11.3 Å². The van der Waals surface area contributed by atoms with Gasteiger partial charge in [0.25, 0.3) is 0 Å². The van der Waals surface area contributed by atoms with Crippen molar-refractivity contribution >= 4 is 28.1 Å². The second kappa shape index (κ2) is 7.98. The van der Waals surface area contributed by atoms with E-state index in [9.17, 15) is 0 Å². The number of para-hydroxylation sites is 1. The van der Waals surface area contributed by atoms with E-state index in [1.165, 1.54) is 40.9 Å². The van der Waals surface area contributed by atoms with Gasteiger partial charge in [-0.1, -0.05) is 24.3 Å². The van der Waals surface area contributed by atoms with Crippen LogP contribution in [-0.4, -0.2) is 24.6 Å². The van der Waals surface area contributed by atoms with Gasteiger partial charge in [0.1, 0.15) is 5.82 Å². The number of aromatic nitrogens is 1. The van der Waals surface area contributed by atoms with Gasteiger partial charge in [-0.05, 0) is 49.3 Å². The number of hydrogen-bond donors (Lipinski definition) is 1. The highest BCUT2D eigenvalue weighted by Crippen LogP contribution is 2.26. The molecular weight excluding hydrogens is 326 g/mol. The van der Waals surface area contributed by atoms with Crippen molar-refractivity contribution in [2.24, 2.45) is 0 Å². The largest absolute Gasteiger partial charge is 0.356 e. The number of thiophene rings is 1. The summed E-state index contributed by atoms with van der Waals surface area (Å²) in [6, 6.07) is 15.1. The molecule has 25 heavy (non-hydrogen) atoms. The van der Waals surface area contributed by atoms with Gasteiger partial charge < -0.3 is 10.2 Å². The average Bonchev–Trinajstić information content (AvgIpc) is 3.19. The maximum atomic E-state index is 5.02. The number of anilines is 1. The van der Waals surface area contributed by atoms with Gasteiger partial charge in [0.05, 0.1) is 5.52 Å². The van der Waals surface area contributed by atoms with E-state index >= 15 is 0 Å². The predicted octanol–water partition coefficient (Wildman–Crippen LogP) is 4.62. The lowest BCUT2D eigenvalue weighted by atomic mass is 10.1. The molecule has 0 unspecified atom stereocenters. The Kier molecular flexibility index (Phi) is 5.28. The Hall–Kier alpha value is -1.91. The number of nitrogens with one attached hydrogen (secondary N) is 1. The SMILES string of the molecule is c1csc(CCNCc2cc3ccccc3nc2N2CCCCC2)c1. The third-order valence-electron chi connectivity index (χ3n) is 4.88. The lowest BCUT2D eigenvalue weighted by molar-refractivity contribution is 0.570. The Morgan fingerprint density at radius 1 is 1.04 bits per heavy atom. The first-order valence-corrected chi connectivity index (χ1v) is 10.1. The monoisotopic (exact) mass is 351 g/mol. The Bertz CT molecular complexity index is 807. The van der Waals surface area contributed by atoms with Crippen LogP contribution in [0.3, 0.4) is 0 Å². The predicted molar refractivity (Wildman–Crippen MR) is 108 cm³/mol. The summed E-state index contributed by atoms with van der Waals surface area (Å²) in [5.41, 5.74) is 2.43.